The van der Waals surface area contributed by atoms with Gasteiger partial charge < -0.3 is 60.7 Å². The first-order valence-electron chi connectivity index (χ1n) is 30.6. The molecule has 1 rings (SSSR count). The molecule has 11 amide bonds. The summed E-state index contributed by atoms with van der Waals surface area (Å²) in [6.45, 7) is 29.3. The largest absolute Gasteiger partial charge is 0.390 e. The van der Waals surface area contributed by atoms with Gasteiger partial charge in [0.1, 0.15) is 60.4 Å². The maximum Gasteiger partial charge on any atom is 0.246 e. The number of carbonyl (C=O) groups excluding carboxylic acids is 11. The molecule has 85 heavy (non-hydrogen) atoms. The smallest absolute Gasteiger partial charge is 0.246 e. The molecule has 486 valence electrons. The predicted molar refractivity (Wildman–Crippen MR) is 328 cm³/mol. The third-order valence-corrected chi connectivity index (χ3v) is 16.1. The van der Waals surface area contributed by atoms with Crippen molar-refractivity contribution in [2.45, 2.75) is 223 Å². The summed E-state index contributed by atoms with van der Waals surface area (Å²) in [5, 5.41) is 23.1. The molecule has 5 N–H and O–H groups in total. The molecular weight excluding hydrogens is 1090 g/mol. The average molecular weight is 1200 g/mol. The summed E-state index contributed by atoms with van der Waals surface area (Å²) in [7, 11) is 9.92. The van der Waals surface area contributed by atoms with Crippen LogP contribution in [0.25, 0.3) is 0 Å². The van der Waals surface area contributed by atoms with Gasteiger partial charge in [-0.2, -0.15) is 0 Å². The van der Waals surface area contributed by atoms with Crippen LogP contribution in [0.15, 0.2) is 12.2 Å². The van der Waals surface area contributed by atoms with E-state index in [0.29, 0.717) is 6.42 Å². The number of aliphatic hydroxyl groups is 1. The van der Waals surface area contributed by atoms with Crippen LogP contribution in [0.2, 0.25) is 0 Å². The fourth-order valence-corrected chi connectivity index (χ4v) is 10.7. The van der Waals surface area contributed by atoms with E-state index in [4.69, 9.17) is 0 Å². The Balaban J connectivity index is 4.32. The summed E-state index contributed by atoms with van der Waals surface area (Å²) < 4.78 is 0. The zero-order valence-corrected chi connectivity index (χ0v) is 56.1. The Morgan fingerprint density at radius 1 is 0.459 bits per heavy atom. The molecule has 0 aliphatic carbocycles. The molecule has 1 saturated heterocycles. The van der Waals surface area contributed by atoms with Crippen LogP contribution in [-0.4, -0.2) is 227 Å². The lowest BCUT2D eigenvalue weighted by atomic mass is 9.91. The van der Waals surface area contributed by atoms with Crippen molar-refractivity contribution in [2.24, 2.45) is 41.4 Å². The first-order chi connectivity index (χ1) is 39.2. The Bertz CT molecular complexity index is 2330. The van der Waals surface area contributed by atoms with Gasteiger partial charge in [-0.3, -0.25) is 52.7 Å². The van der Waals surface area contributed by atoms with E-state index in [1.807, 2.05) is 61.5 Å². The fraction of sp³-hybridized carbons (Fsp3) is 0.790. The van der Waals surface area contributed by atoms with Gasteiger partial charge in [0, 0.05) is 49.3 Å². The SMILES string of the molecule is C/C=C/C[C@@H](C)[C@@H](O)[C@H]1C(=O)NC(CC)C(=O)N(C)CC(=O)N(C)[C@@H](CC(C)C)C(=O)N[C@@H](C(C)C)C(=O)N(C)[C@@H](CC(C)C)C(=O)N[C@@H](C)C(=O)N[C@H](C)C(=O)N(C)[C@@H](CC(C)C)C(=O)N(C)[C@@H](CC(C)C)C(=O)N(C)[C@@H](C(C)C)C(=O)N1C. The van der Waals surface area contributed by atoms with E-state index < -0.39 is 156 Å². The first kappa shape index (κ1) is 76.9. The average Bonchev–Trinajstić information content (AvgIpc) is 3.62. The molecule has 0 aromatic heterocycles. The summed E-state index contributed by atoms with van der Waals surface area (Å²) in [6.07, 6.45) is 3.04. The third-order valence-electron chi connectivity index (χ3n) is 16.1. The Morgan fingerprint density at radius 3 is 1.32 bits per heavy atom. The molecule has 1 unspecified atom stereocenters. The highest BCUT2D eigenvalue weighted by Crippen LogP contribution is 2.26. The number of nitrogens with one attached hydrogen (secondary N) is 4. The molecule has 1 aliphatic rings. The highest BCUT2D eigenvalue weighted by molar-refractivity contribution is 5.99. The van der Waals surface area contributed by atoms with E-state index in [0.717, 1.165) is 9.80 Å². The Hall–Kier alpha value is -6.13. The standard InChI is InChI=1S/C62H111N11O12/c1-25-27-28-40(15)52(75)51-56(79)65-43(26-2)58(81)67(18)33-48(74)68(19)44(29-34(3)4)55(78)66-49(38(11)12)61(84)69(20)45(30-35(5)6)54(77)63-41(16)53(76)64-42(17)57(80)70(21)46(31-36(7)8)59(82)71(22)47(32-37(9)10)60(83)72(23)50(39(13)14)62(85)73(51)24/h25,27,34-47,49-52,75H,26,28-33H2,1-24H3,(H,63,77)(H,64,76)(H,65,79)(H,66,78)/b27-25+/t40-,41+,42-,43?,44+,45+,46+,47+,49+,50+,51+,52-/m1/s1. The molecule has 0 aromatic carbocycles. The number of hydrogen-bond acceptors (Lipinski definition) is 12. The molecule has 0 radical (unpaired) electrons. The van der Waals surface area contributed by atoms with Crippen molar-refractivity contribution < 1.29 is 57.8 Å². The van der Waals surface area contributed by atoms with Crippen molar-refractivity contribution >= 4 is 65.0 Å². The van der Waals surface area contributed by atoms with Crippen LogP contribution < -0.4 is 21.3 Å². The van der Waals surface area contributed by atoms with Crippen molar-refractivity contribution in [3.8, 4) is 0 Å². The summed E-state index contributed by atoms with van der Waals surface area (Å²) in [5.74, 6) is -9.71. The molecule has 23 nitrogen and oxygen atoms in total. The lowest BCUT2D eigenvalue weighted by Crippen LogP contribution is -2.63. The summed E-state index contributed by atoms with van der Waals surface area (Å²) in [5.41, 5.74) is 0. The van der Waals surface area contributed by atoms with Crippen molar-refractivity contribution in [3.05, 3.63) is 12.2 Å². The van der Waals surface area contributed by atoms with Gasteiger partial charge >= 0.3 is 0 Å². The van der Waals surface area contributed by atoms with E-state index in [2.05, 4.69) is 21.3 Å². The summed E-state index contributed by atoms with van der Waals surface area (Å²) in [4.78, 5) is 169. The highest BCUT2D eigenvalue weighted by Gasteiger charge is 2.45. The van der Waals surface area contributed by atoms with Crippen LogP contribution in [0.5, 0.6) is 0 Å². The van der Waals surface area contributed by atoms with Crippen molar-refractivity contribution in [3.63, 3.8) is 0 Å². The molecule has 23 heteroatoms. The number of aliphatic hydroxyl groups excluding tert-OH is 1. The second kappa shape index (κ2) is 34.9. The maximum absolute atomic E-state index is 15.1. The molecule has 1 heterocycles. The van der Waals surface area contributed by atoms with Gasteiger partial charge in [0.15, 0.2) is 0 Å². The molecule has 1 aliphatic heterocycles. The Kier molecular flexibility index (Phi) is 31.5. The van der Waals surface area contributed by atoms with Gasteiger partial charge in [-0.25, -0.2) is 0 Å². The molecule has 12 atom stereocenters. The molecule has 1 fully saturated rings. The van der Waals surface area contributed by atoms with E-state index in [9.17, 15) is 48.3 Å². The highest BCUT2D eigenvalue weighted by atomic mass is 16.3. The second-order valence-electron chi connectivity index (χ2n) is 26.1. The minimum absolute atomic E-state index is 0.0229. The van der Waals surface area contributed by atoms with Crippen molar-refractivity contribution in [1.82, 2.24) is 55.6 Å². The van der Waals surface area contributed by atoms with E-state index in [1.54, 1.807) is 54.5 Å². The van der Waals surface area contributed by atoms with Crippen LogP contribution >= 0.6 is 0 Å². The number of rotatable bonds is 15. The van der Waals surface area contributed by atoms with Crippen LogP contribution in [0.3, 0.4) is 0 Å². The molecule has 0 saturated carbocycles. The second-order valence-corrected chi connectivity index (χ2v) is 26.1. The van der Waals surface area contributed by atoms with Gasteiger partial charge in [-0.05, 0) is 101 Å². The summed E-state index contributed by atoms with van der Waals surface area (Å²) in [6, 6.07) is -12.3. The van der Waals surface area contributed by atoms with Crippen LogP contribution in [0, 0.1) is 41.4 Å². The van der Waals surface area contributed by atoms with Crippen molar-refractivity contribution in [1.29, 1.82) is 0 Å². The molecule has 0 bridgehead atoms. The number of carbonyl (C=O) groups is 11. The van der Waals surface area contributed by atoms with Gasteiger partial charge in [-0.15, -0.1) is 0 Å². The van der Waals surface area contributed by atoms with E-state index in [1.165, 1.54) is 87.7 Å². The minimum atomic E-state index is -1.61. The third kappa shape index (κ3) is 21.7. The normalized spacial score (nSPS) is 26.9. The van der Waals surface area contributed by atoms with Gasteiger partial charge in [-0.1, -0.05) is 109 Å². The molecular formula is C62H111N11O12. The number of amides is 11. The van der Waals surface area contributed by atoms with Crippen molar-refractivity contribution in [2.75, 3.05) is 55.9 Å². The zero-order valence-electron chi connectivity index (χ0n) is 56.1. The Morgan fingerprint density at radius 2 is 0.871 bits per heavy atom. The summed E-state index contributed by atoms with van der Waals surface area (Å²) >= 11 is 0. The Labute approximate surface area is 508 Å². The quantitative estimate of drug-likeness (QED) is 0.148. The van der Waals surface area contributed by atoms with Crippen LogP contribution in [0.4, 0.5) is 0 Å². The number of hydrogen-bond donors (Lipinski definition) is 5. The minimum Gasteiger partial charge on any atom is -0.390 e. The monoisotopic (exact) mass is 1200 g/mol. The lowest BCUT2D eigenvalue weighted by molar-refractivity contribution is -0.157. The van der Waals surface area contributed by atoms with Gasteiger partial charge in [0.2, 0.25) is 65.0 Å². The molecule has 0 spiro atoms. The van der Waals surface area contributed by atoms with E-state index >= 15 is 9.59 Å². The maximum atomic E-state index is 15.1. The van der Waals surface area contributed by atoms with Gasteiger partial charge in [0.05, 0.1) is 12.6 Å². The fourth-order valence-electron chi connectivity index (χ4n) is 10.7. The predicted octanol–water partition coefficient (Wildman–Crippen LogP) is 3.27. The van der Waals surface area contributed by atoms with E-state index in [-0.39, 0.29) is 55.8 Å². The topological polar surface area (TPSA) is 279 Å². The van der Waals surface area contributed by atoms with Gasteiger partial charge in [0.25, 0.3) is 0 Å². The first-order valence-corrected chi connectivity index (χ1v) is 30.6. The number of likely N-dealkylation sites (N-methyl/N-ethyl adjacent to an activating group) is 7. The molecule has 0 aromatic rings. The number of nitrogens with zero attached hydrogens (tertiary/aromatic N) is 7. The van der Waals surface area contributed by atoms with Crippen LogP contribution in [-0.2, 0) is 52.7 Å². The zero-order chi connectivity index (χ0) is 66.0. The number of allylic oxidation sites excluding steroid dienone is 2. The van der Waals surface area contributed by atoms with Crippen LogP contribution in [0.1, 0.15) is 156 Å². The lowest BCUT2D eigenvalue weighted by Gasteiger charge is -2.41.